The molecule has 1 N–H and O–H groups in total. The molecule has 0 aliphatic carbocycles. The second-order valence-corrected chi connectivity index (χ2v) is 6.78. The van der Waals surface area contributed by atoms with Crippen molar-refractivity contribution in [3.63, 3.8) is 0 Å². The van der Waals surface area contributed by atoms with E-state index in [1.54, 1.807) is 29.2 Å². The predicted molar refractivity (Wildman–Crippen MR) is 90.7 cm³/mol. The minimum Gasteiger partial charge on any atom is -0.492 e. The fourth-order valence-electron chi connectivity index (χ4n) is 1.80. The monoisotopic (exact) mass is 321 g/mol. The molecule has 0 fully saturated rings. The normalized spacial score (nSPS) is 10.4. The van der Waals surface area contributed by atoms with E-state index in [1.807, 2.05) is 6.07 Å². The van der Waals surface area contributed by atoms with Gasteiger partial charge in [-0.05, 0) is 25.0 Å². The summed E-state index contributed by atoms with van der Waals surface area (Å²) in [5, 5.41) is 12.1. The number of nitrogens with one attached hydrogen (secondary N) is 1. The van der Waals surface area contributed by atoms with Crippen molar-refractivity contribution >= 4 is 28.2 Å². The van der Waals surface area contributed by atoms with Crippen molar-refractivity contribution in [2.45, 2.75) is 18.2 Å². The van der Waals surface area contributed by atoms with Crippen LogP contribution in [0.15, 0.2) is 35.2 Å². The van der Waals surface area contributed by atoms with Gasteiger partial charge in [-0.3, -0.25) is 0 Å². The van der Waals surface area contributed by atoms with Crippen LogP contribution in [-0.4, -0.2) is 29.1 Å². The van der Waals surface area contributed by atoms with Gasteiger partial charge in [-0.25, -0.2) is 0 Å². The molecule has 0 saturated heterocycles. The van der Waals surface area contributed by atoms with Crippen LogP contribution >= 0.6 is 23.1 Å². The average molecular weight is 321 g/mol. The molecule has 2 rings (SSSR count). The molecular formula is C15H19N3OS2. The van der Waals surface area contributed by atoms with Crippen LogP contribution in [0.25, 0.3) is 0 Å². The summed E-state index contributed by atoms with van der Waals surface area (Å²) < 4.78 is 6.82. The van der Waals surface area contributed by atoms with Crippen molar-refractivity contribution in [2.75, 3.05) is 24.2 Å². The van der Waals surface area contributed by atoms with Gasteiger partial charge in [0.05, 0.1) is 6.61 Å². The van der Waals surface area contributed by atoms with Gasteiger partial charge in [0.25, 0.3) is 0 Å². The van der Waals surface area contributed by atoms with E-state index in [1.165, 1.54) is 11.1 Å². The van der Waals surface area contributed by atoms with E-state index >= 15 is 0 Å². The average Bonchev–Trinajstić information content (AvgIpc) is 2.91. The van der Waals surface area contributed by atoms with E-state index in [4.69, 9.17) is 4.74 Å². The summed E-state index contributed by atoms with van der Waals surface area (Å²) in [5.41, 5.74) is 2.35. The summed E-state index contributed by atoms with van der Waals surface area (Å²) >= 11 is 3.21. The number of hydrogen-bond donors (Lipinski definition) is 1. The maximum atomic E-state index is 5.87. The van der Waals surface area contributed by atoms with Crippen molar-refractivity contribution in [2.24, 2.45) is 0 Å². The number of rotatable bonds is 8. The Morgan fingerprint density at radius 1 is 1.33 bits per heavy atom. The van der Waals surface area contributed by atoms with Gasteiger partial charge in [0.2, 0.25) is 5.13 Å². The van der Waals surface area contributed by atoms with Gasteiger partial charge in [0.1, 0.15) is 5.75 Å². The summed E-state index contributed by atoms with van der Waals surface area (Å²) in [5.74, 6) is 1.84. The van der Waals surface area contributed by atoms with E-state index in [0.29, 0.717) is 13.2 Å². The Bertz CT molecular complexity index is 578. The zero-order valence-corrected chi connectivity index (χ0v) is 13.9. The van der Waals surface area contributed by atoms with Crippen LogP contribution in [0.1, 0.15) is 11.1 Å². The van der Waals surface area contributed by atoms with Crippen LogP contribution < -0.4 is 10.1 Å². The second kappa shape index (κ2) is 8.05. The third-order valence-corrected chi connectivity index (χ3v) is 4.75. The molecule has 0 aliphatic heterocycles. The first kappa shape index (κ1) is 15.9. The van der Waals surface area contributed by atoms with Crippen molar-refractivity contribution < 1.29 is 4.74 Å². The van der Waals surface area contributed by atoms with Gasteiger partial charge in [-0.2, -0.15) is 0 Å². The first-order chi connectivity index (χ1) is 10.2. The zero-order chi connectivity index (χ0) is 15.1. The lowest BCUT2D eigenvalue weighted by atomic mass is 10.1. The Morgan fingerprint density at radius 3 is 2.81 bits per heavy atom. The Labute approximate surface area is 133 Å². The molecule has 0 saturated carbocycles. The molecule has 0 aliphatic rings. The third kappa shape index (κ3) is 4.75. The van der Waals surface area contributed by atoms with Gasteiger partial charge in [0.15, 0.2) is 4.34 Å². The molecule has 0 spiro atoms. The fraction of sp³-hybridized carbons (Fsp3) is 0.333. The van der Waals surface area contributed by atoms with Crippen LogP contribution in [0.2, 0.25) is 0 Å². The number of aryl methyl sites for hydroxylation is 2. The fourth-order valence-corrected chi connectivity index (χ4v) is 3.45. The number of para-hydroxylation sites is 1. The number of thioether (sulfide) groups is 1. The minimum absolute atomic E-state index is 0.658. The van der Waals surface area contributed by atoms with Crippen LogP contribution in [0.3, 0.4) is 0 Å². The number of nitrogens with zero attached hydrogens (tertiary/aromatic N) is 2. The van der Waals surface area contributed by atoms with Gasteiger partial charge < -0.3 is 10.1 Å². The van der Waals surface area contributed by atoms with Crippen LogP contribution in [0.4, 0.5) is 5.13 Å². The number of benzene rings is 1. The van der Waals surface area contributed by atoms with E-state index in [-0.39, 0.29) is 0 Å². The van der Waals surface area contributed by atoms with Gasteiger partial charge in [-0.15, -0.1) is 16.8 Å². The maximum Gasteiger partial charge on any atom is 0.206 e. The summed E-state index contributed by atoms with van der Waals surface area (Å²) in [7, 11) is 0. The molecule has 21 heavy (non-hydrogen) atoms. The zero-order valence-electron chi connectivity index (χ0n) is 12.3. The van der Waals surface area contributed by atoms with E-state index in [9.17, 15) is 0 Å². The summed E-state index contributed by atoms with van der Waals surface area (Å²) in [4.78, 5) is 0. The standard InChI is InChI=1S/C15H19N3OS2/c1-4-8-16-14-17-18-15(21-14)20-10-9-19-13-11(2)6-5-7-12(13)3/h4-7H,1,8-10H2,2-3H3,(H,16,17). The Hall–Kier alpha value is -1.53. The molecule has 1 aromatic heterocycles. The molecular weight excluding hydrogens is 302 g/mol. The molecule has 0 unspecified atom stereocenters. The third-order valence-electron chi connectivity index (χ3n) is 2.77. The van der Waals surface area contributed by atoms with Crippen molar-refractivity contribution in [3.05, 3.63) is 42.0 Å². The van der Waals surface area contributed by atoms with Crippen molar-refractivity contribution in [3.8, 4) is 5.75 Å². The smallest absolute Gasteiger partial charge is 0.206 e. The molecule has 6 heteroatoms. The maximum absolute atomic E-state index is 5.87. The van der Waals surface area contributed by atoms with Gasteiger partial charge in [-0.1, -0.05) is 47.4 Å². The molecule has 112 valence electrons. The first-order valence-electron chi connectivity index (χ1n) is 6.71. The second-order valence-electron chi connectivity index (χ2n) is 4.46. The Kier molecular flexibility index (Phi) is 6.07. The van der Waals surface area contributed by atoms with Crippen LogP contribution in [-0.2, 0) is 0 Å². The molecule has 1 aromatic carbocycles. The molecule has 1 heterocycles. The molecule has 0 radical (unpaired) electrons. The number of aromatic nitrogens is 2. The predicted octanol–water partition coefficient (Wildman–Crippen LogP) is 3.92. The Balaban J connectivity index is 1.77. The van der Waals surface area contributed by atoms with Crippen molar-refractivity contribution in [1.29, 1.82) is 0 Å². The summed E-state index contributed by atoms with van der Waals surface area (Å²) in [6, 6.07) is 6.18. The van der Waals surface area contributed by atoms with E-state index in [2.05, 4.69) is 48.1 Å². The lowest BCUT2D eigenvalue weighted by Gasteiger charge is -2.11. The van der Waals surface area contributed by atoms with E-state index < -0.39 is 0 Å². The molecule has 0 amide bonds. The molecule has 2 aromatic rings. The lowest BCUT2D eigenvalue weighted by Crippen LogP contribution is -2.02. The largest absolute Gasteiger partial charge is 0.492 e. The first-order valence-corrected chi connectivity index (χ1v) is 8.51. The highest BCUT2D eigenvalue weighted by molar-refractivity contribution is 8.01. The molecule has 4 nitrogen and oxygen atoms in total. The highest BCUT2D eigenvalue weighted by Gasteiger charge is 2.05. The summed E-state index contributed by atoms with van der Waals surface area (Å²) in [6.07, 6.45) is 1.80. The minimum atomic E-state index is 0.658. The quantitative estimate of drug-likeness (QED) is 0.453. The number of anilines is 1. The molecule has 0 bridgehead atoms. The van der Waals surface area contributed by atoms with Crippen LogP contribution in [0.5, 0.6) is 5.75 Å². The highest BCUT2D eigenvalue weighted by atomic mass is 32.2. The SMILES string of the molecule is C=CCNc1nnc(SCCOc2c(C)cccc2C)s1. The van der Waals surface area contributed by atoms with Gasteiger partial charge >= 0.3 is 0 Å². The number of ether oxygens (including phenoxy) is 1. The highest BCUT2D eigenvalue weighted by Crippen LogP contribution is 2.26. The van der Waals surface area contributed by atoms with Gasteiger partial charge in [0, 0.05) is 12.3 Å². The van der Waals surface area contributed by atoms with E-state index in [0.717, 1.165) is 21.0 Å². The number of hydrogen-bond acceptors (Lipinski definition) is 6. The summed E-state index contributed by atoms with van der Waals surface area (Å²) in [6.45, 7) is 9.15. The van der Waals surface area contributed by atoms with Crippen LogP contribution in [0, 0.1) is 13.8 Å². The lowest BCUT2D eigenvalue weighted by molar-refractivity contribution is 0.339. The topological polar surface area (TPSA) is 47.0 Å². The Morgan fingerprint density at radius 2 is 2.10 bits per heavy atom. The molecule has 0 atom stereocenters. The van der Waals surface area contributed by atoms with Crippen molar-refractivity contribution in [1.82, 2.24) is 10.2 Å².